The number of rotatable bonds is 3. The lowest BCUT2D eigenvalue weighted by Gasteiger charge is -2.13. The molecule has 1 rings (SSSR count). The lowest BCUT2D eigenvalue weighted by Crippen LogP contribution is -1.94. The Labute approximate surface area is 92.1 Å². The van der Waals surface area contributed by atoms with Gasteiger partial charge in [-0.25, -0.2) is 0 Å². The maximum Gasteiger partial charge on any atom is 0.00748 e. The normalized spacial score (nSPS) is 11.4. The van der Waals surface area contributed by atoms with Crippen molar-refractivity contribution in [2.75, 3.05) is 6.26 Å². The van der Waals surface area contributed by atoms with Gasteiger partial charge in [-0.1, -0.05) is 26.8 Å². The minimum atomic E-state index is 0.375. The molecule has 0 saturated carbocycles. The van der Waals surface area contributed by atoms with Crippen molar-refractivity contribution < 1.29 is 0 Å². The highest BCUT2D eigenvalue weighted by atomic mass is 32.2. The molecule has 77 valence electrons. The van der Waals surface area contributed by atoms with Gasteiger partial charge in [0, 0.05) is 4.90 Å². The molecule has 0 aliphatic heterocycles. The predicted octanol–water partition coefficient (Wildman–Crippen LogP) is 4.47. The molecule has 1 unspecified atom stereocenters. The molecule has 0 fully saturated rings. The smallest absolute Gasteiger partial charge is 0.00748 e. The fraction of sp³-hybridized carbons (Fsp3) is 0.462. The van der Waals surface area contributed by atoms with E-state index in [1.165, 1.54) is 16.0 Å². The van der Waals surface area contributed by atoms with E-state index in [0.29, 0.717) is 11.8 Å². The Morgan fingerprint density at radius 2 is 1.64 bits per heavy atom. The summed E-state index contributed by atoms with van der Waals surface area (Å²) in [6, 6.07) is 6.80. The van der Waals surface area contributed by atoms with Crippen molar-refractivity contribution in [2.24, 2.45) is 0 Å². The molecule has 1 aromatic rings. The van der Waals surface area contributed by atoms with E-state index in [4.69, 9.17) is 0 Å². The maximum atomic E-state index is 4.08. The summed E-state index contributed by atoms with van der Waals surface area (Å²) < 4.78 is 0. The molecule has 1 heteroatoms. The van der Waals surface area contributed by atoms with Crippen molar-refractivity contribution >= 4 is 11.8 Å². The summed E-state index contributed by atoms with van der Waals surface area (Å²) in [5, 5.41) is 0. The Kier molecular flexibility index (Phi) is 4.06. The molecule has 0 aliphatic carbocycles. The minimum absolute atomic E-state index is 0.375. The van der Waals surface area contributed by atoms with E-state index in [1.54, 1.807) is 11.8 Å². The van der Waals surface area contributed by atoms with Crippen molar-refractivity contribution in [1.29, 1.82) is 0 Å². The lowest BCUT2D eigenvalue weighted by molar-refractivity contribution is 0.849. The fourth-order valence-electron chi connectivity index (χ4n) is 1.38. The summed E-state index contributed by atoms with van der Waals surface area (Å²) in [6.45, 7) is 10.7. The fourth-order valence-corrected chi connectivity index (χ4v) is 1.89. The minimum Gasteiger partial charge on any atom is -0.130 e. The van der Waals surface area contributed by atoms with Gasteiger partial charge in [0.1, 0.15) is 0 Å². The summed E-state index contributed by atoms with van der Waals surface area (Å²) in [6.07, 6.45) is 2.12. The standard InChI is InChI=1S/C13H19S/c1-9(2)11-6-12(10(3)4)8-13(7-11)14-5/h6-10H,1H2,2-5H3. The van der Waals surface area contributed by atoms with Gasteiger partial charge >= 0.3 is 0 Å². The van der Waals surface area contributed by atoms with Crippen molar-refractivity contribution in [3.63, 3.8) is 0 Å². The molecule has 14 heavy (non-hydrogen) atoms. The second-order valence-electron chi connectivity index (χ2n) is 4.10. The van der Waals surface area contributed by atoms with Gasteiger partial charge in [-0.3, -0.25) is 0 Å². The first-order chi connectivity index (χ1) is 6.54. The van der Waals surface area contributed by atoms with Crippen LogP contribution in [-0.4, -0.2) is 6.26 Å². The van der Waals surface area contributed by atoms with Crippen molar-refractivity contribution in [2.45, 2.75) is 37.5 Å². The van der Waals surface area contributed by atoms with Crippen LogP contribution in [0.1, 0.15) is 43.7 Å². The third kappa shape index (κ3) is 2.78. The second-order valence-corrected chi connectivity index (χ2v) is 4.97. The topological polar surface area (TPSA) is 0 Å². The van der Waals surface area contributed by atoms with Gasteiger partial charge in [0.15, 0.2) is 0 Å². The van der Waals surface area contributed by atoms with E-state index in [2.05, 4.69) is 52.1 Å². The van der Waals surface area contributed by atoms with Crippen LogP contribution in [0.15, 0.2) is 23.1 Å². The van der Waals surface area contributed by atoms with Gasteiger partial charge < -0.3 is 0 Å². The monoisotopic (exact) mass is 207 g/mol. The summed E-state index contributed by atoms with van der Waals surface area (Å²) in [5.74, 6) is 0.971. The van der Waals surface area contributed by atoms with Crippen LogP contribution >= 0.6 is 11.8 Å². The summed E-state index contributed by atoms with van der Waals surface area (Å²) in [4.78, 5) is 1.35. The van der Waals surface area contributed by atoms with Crippen LogP contribution in [0.25, 0.3) is 0 Å². The Bertz CT molecular complexity index is 274. The Morgan fingerprint density at radius 1 is 1.07 bits per heavy atom. The molecule has 1 atom stereocenters. The van der Waals surface area contributed by atoms with E-state index < -0.39 is 0 Å². The van der Waals surface area contributed by atoms with Gasteiger partial charge in [0.25, 0.3) is 0 Å². The molecule has 0 N–H and O–H groups in total. The van der Waals surface area contributed by atoms with Crippen molar-refractivity contribution in [3.8, 4) is 0 Å². The summed E-state index contributed by atoms with van der Waals surface area (Å²) in [7, 11) is 0. The maximum absolute atomic E-state index is 4.08. The van der Waals surface area contributed by atoms with Crippen molar-refractivity contribution in [3.05, 3.63) is 36.2 Å². The Hall–Kier alpha value is -0.430. The predicted molar refractivity (Wildman–Crippen MR) is 66.1 cm³/mol. The number of thioether (sulfide) groups is 1. The van der Waals surface area contributed by atoms with E-state index in [-0.39, 0.29) is 0 Å². The number of benzene rings is 1. The van der Waals surface area contributed by atoms with E-state index in [0.717, 1.165) is 0 Å². The largest absolute Gasteiger partial charge is 0.130 e. The molecule has 0 aromatic heterocycles. The zero-order chi connectivity index (χ0) is 10.7. The van der Waals surface area contributed by atoms with Crippen LogP contribution in [-0.2, 0) is 0 Å². The molecule has 0 spiro atoms. The molecule has 0 aliphatic rings. The Morgan fingerprint density at radius 3 is 2.07 bits per heavy atom. The molecule has 0 amide bonds. The van der Waals surface area contributed by atoms with Gasteiger partial charge in [-0.15, -0.1) is 11.8 Å². The van der Waals surface area contributed by atoms with Crippen LogP contribution < -0.4 is 0 Å². The molecule has 1 radical (unpaired) electrons. The first-order valence-corrected chi connectivity index (χ1v) is 6.29. The van der Waals surface area contributed by atoms with Crippen LogP contribution in [0.3, 0.4) is 0 Å². The van der Waals surface area contributed by atoms with Crippen LogP contribution in [0, 0.1) is 6.92 Å². The first-order valence-electron chi connectivity index (χ1n) is 5.06. The van der Waals surface area contributed by atoms with Crippen LogP contribution in [0.5, 0.6) is 0 Å². The summed E-state index contributed by atoms with van der Waals surface area (Å²) >= 11 is 1.80. The first kappa shape index (κ1) is 11.6. The number of hydrogen-bond acceptors (Lipinski definition) is 1. The SMILES string of the molecule is [CH2]C(C)c1cc(SC)cc(C(C)C)c1. The van der Waals surface area contributed by atoms with Gasteiger partial charge in [0.2, 0.25) is 0 Å². The van der Waals surface area contributed by atoms with Crippen molar-refractivity contribution in [1.82, 2.24) is 0 Å². The highest BCUT2D eigenvalue weighted by molar-refractivity contribution is 7.98. The van der Waals surface area contributed by atoms with E-state index in [1.807, 2.05) is 0 Å². The average molecular weight is 207 g/mol. The third-order valence-corrected chi connectivity index (χ3v) is 3.13. The zero-order valence-electron chi connectivity index (χ0n) is 9.50. The summed E-state index contributed by atoms with van der Waals surface area (Å²) in [5.41, 5.74) is 2.77. The van der Waals surface area contributed by atoms with Crippen LogP contribution in [0.2, 0.25) is 0 Å². The molecule has 1 aromatic carbocycles. The second kappa shape index (κ2) is 4.88. The zero-order valence-corrected chi connectivity index (χ0v) is 10.3. The molecular formula is C13H19S. The quantitative estimate of drug-likeness (QED) is 0.659. The molecule has 0 heterocycles. The molecule has 0 saturated heterocycles. The van der Waals surface area contributed by atoms with Crippen LogP contribution in [0.4, 0.5) is 0 Å². The van der Waals surface area contributed by atoms with E-state index >= 15 is 0 Å². The van der Waals surface area contributed by atoms with Gasteiger partial charge in [0.05, 0.1) is 0 Å². The lowest BCUT2D eigenvalue weighted by atomic mass is 9.96. The highest BCUT2D eigenvalue weighted by Crippen LogP contribution is 2.27. The third-order valence-electron chi connectivity index (χ3n) is 2.42. The Balaban J connectivity index is 3.13. The molecule has 0 bridgehead atoms. The van der Waals surface area contributed by atoms with E-state index in [9.17, 15) is 0 Å². The average Bonchev–Trinajstić information content (AvgIpc) is 2.16. The highest BCUT2D eigenvalue weighted by Gasteiger charge is 2.06. The van der Waals surface area contributed by atoms with Gasteiger partial charge in [-0.2, -0.15) is 0 Å². The van der Waals surface area contributed by atoms with Gasteiger partial charge in [-0.05, 0) is 48.3 Å². The number of hydrogen-bond donors (Lipinski definition) is 0. The molecular weight excluding hydrogens is 188 g/mol. The molecule has 0 nitrogen and oxygen atoms in total.